The van der Waals surface area contributed by atoms with Gasteiger partial charge in [0.2, 0.25) is 0 Å². The summed E-state index contributed by atoms with van der Waals surface area (Å²) in [6.07, 6.45) is 3.42. The standard InChI is InChI=1S/3C9H12/c2*1-3-9-6-4-8(2)5-7-9;1-3-9-7-5-4-6-8(9)2/h3*4-7H,3H2,1-2H3. The second-order valence-corrected chi connectivity index (χ2v) is 6.96. The van der Waals surface area contributed by atoms with Gasteiger partial charge in [-0.05, 0) is 62.3 Å². The van der Waals surface area contributed by atoms with Gasteiger partial charge in [0.25, 0.3) is 0 Å². The molecule has 0 aliphatic carbocycles. The van der Waals surface area contributed by atoms with Gasteiger partial charge in [-0.25, -0.2) is 0 Å². The Morgan fingerprint density at radius 1 is 0.481 bits per heavy atom. The monoisotopic (exact) mass is 360 g/mol. The highest BCUT2D eigenvalue weighted by Gasteiger charge is 1.89. The predicted molar refractivity (Wildman–Crippen MR) is 122 cm³/mol. The van der Waals surface area contributed by atoms with Crippen molar-refractivity contribution >= 4 is 0 Å². The van der Waals surface area contributed by atoms with Gasteiger partial charge in [-0.15, -0.1) is 0 Å². The lowest BCUT2D eigenvalue weighted by molar-refractivity contribution is 1.11. The lowest BCUT2D eigenvalue weighted by atomic mass is 10.1. The summed E-state index contributed by atoms with van der Waals surface area (Å²) >= 11 is 0. The zero-order chi connectivity index (χ0) is 20.1. The molecule has 0 spiro atoms. The van der Waals surface area contributed by atoms with Crippen LogP contribution < -0.4 is 0 Å². The van der Waals surface area contributed by atoms with Crippen molar-refractivity contribution in [2.24, 2.45) is 0 Å². The minimum atomic E-state index is 1.14. The third kappa shape index (κ3) is 9.24. The van der Waals surface area contributed by atoms with Crippen molar-refractivity contribution in [2.75, 3.05) is 0 Å². The van der Waals surface area contributed by atoms with Crippen molar-refractivity contribution in [3.05, 3.63) is 106 Å². The first kappa shape index (κ1) is 22.7. The fourth-order valence-electron chi connectivity index (χ4n) is 2.65. The van der Waals surface area contributed by atoms with Crippen LogP contribution in [0.1, 0.15) is 54.2 Å². The zero-order valence-corrected chi connectivity index (χ0v) is 18.0. The Hall–Kier alpha value is -2.34. The van der Waals surface area contributed by atoms with E-state index in [0.717, 1.165) is 19.3 Å². The van der Waals surface area contributed by atoms with Gasteiger partial charge in [0.15, 0.2) is 0 Å². The number of benzene rings is 3. The topological polar surface area (TPSA) is 0 Å². The van der Waals surface area contributed by atoms with Crippen LogP contribution in [0.5, 0.6) is 0 Å². The van der Waals surface area contributed by atoms with Crippen molar-refractivity contribution in [3.8, 4) is 0 Å². The molecule has 0 saturated heterocycles. The number of aryl methyl sites for hydroxylation is 6. The van der Waals surface area contributed by atoms with E-state index in [-0.39, 0.29) is 0 Å². The molecule has 0 aliphatic heterocycles. The Labute approximate surface area is 167 Å². The number of hydrogen-bond donors (Lipinski definition) is 0. The van der Waals surface area contributed by atoms with E-state index < -0.39 is 0 Å². The van der Waals surface area contributed by atoms with Gasteiger partial charge in [-0.1, -0.05) is 105 Å². The number of hydrogen-bond acceptors (Lipinski definition) is 0. The lowest BCUT2D eigenvalue weighted by Crippen LogP contribution is -1.82. The second kappa shape index (κ2) is 12.9. The summed E-state index contributed by atoms with van der Waals surface area (Å²) in [7, 11) is 0. The van der Waals surface area contributed by atoms with Gasteiger partial charge in [-0.3, -0.25) is 0 Å². The highest BCUT2D eigenvalue weighted by Crippen LogP contribution is 2.06. The van der Waals surface area contributed by atoms with E-state index in [1.807, 2.05) is 0 Å². The molecule has 0 radical (unpaired) electrons. The highest BCUT2D eigenvalue weighted by molar-refractivity contribution is 5.25. The molecule has 0 heteroatoms. The first-order valence-corrected chi connectivity index (χ1v) is 10.2. The molecule has 0 unspecified atom stereocenters. The first-order valence-electron chi connectivity index (χ1n) is 10.2. The molecule has 0 saturated carbocycles. The van der Waals surface area contributed by atoms with Crippen molar-refractivity contribution in [1.29, 1.82) is 0 Å². The maximum atomic E-state index is 2.18. The maximum Gasteiger partial charge on any atom is -0.0305 e. The summed E-state index contributed by atoms with van der Waals surface area (Å²) in [5.74, 6) is 0. The van der Waals surface area contributed by atoms with E-state index in [2.05, 4.69) is 114 Å². The fraction of sp³-hybridized carbons (Fsp3) is 0.333. The van der Waals surface area contributed by atoms with Gasteiger partial charge >= 0.3 is 0 Å². The smallest absolute Gasteiger partial charge is 0.0305 e. The van der Waals surface area contributed by atoms with Crippen LogP contribution in [0, 0.1) is 20.8 Å². The van der Waals surface area contributed by atoms with Crippen molar-refractivity contribution in [3.63, 3.8) is 0 Å². The first-order chi connectivity index (χ1) is 13.0. The van der Waals surface area contributed by atoms with Crippen LogP contribution in [0.2, 0.25) is 0 Å². The minimum Gasteiger partial charge on any atom is -0.0620 e. The third-order valence-corrected chi connectivity index (χ3v) is 4.70. The van der Waals surface area contributed by atoms with Gasteiger partial charge in [-0.2, -0.15) is 0 Å². The molecule has 3 aromatic carbocycles. The summed E-state index contributed by atoms with van der Waals surface area (Å²) in [6, 6.07) is 25.8. The lowest BCUT2D eigenvalue weighted by Gasteiger charge is -1.98. The molecule has 0 amide bonds. The Morgan fingerprint density at radius 3 is 1.19 bits per heavy atom. The summed E-state index contributed by atoms with van der Waals surface area (Å²) in [6.45, 7) is 12.9. The van der Waals surface area contributed by atoms with Gasteiger partial charge in [0.05, 0.1) is 0 Å². The summed E-state index contributed by atoms with van der Waals surface area (Å²) in [5, 5.41) is 0. The summed E-state index contributed by atoms with van der Waals surface area (Å²) in [4.78, 5) is 0. The third-order valence-electron chi connectivity index (χ3n) is 4.70. The van der Waals surface area contributed by atoms with Gasteiger partial charge in [0.1, 0.15) is 0 Å². The Morgan fingerprint density at radius 2 is 0.889 bits per heavy atom. The van der Waals surface area contributed by atoms with Crippen molar-refractivity contribution < 1.29 is 0 Å². The van der Waals surface area contributed by atoms with Crippen LogP contribution in [-0.2, 0) is 19.3 Å². The van der Waals surface area contributed by atoms with Crippen LogP contribution in [0.25, 0.3) is 0 Å². The van der Waals surface area contributed by atoms with Crippen molar-refractivity contribution in [1.82, 2.24) is 0 Å². The molecule has 3 aromatic rings. The summed E-state index contributed by atoms with van der Waals surface area (Å²) < 4.78 is 0. The molecule has 0 fully saturated rings. The average Bonchev–Trinajstić information content (AvgIpc) is 2.70. The Bertz CT molecular complexity index is 703. The minimum absolute atomic E-state index is 1.14. The molecule has 0 heterocycles. The predicted octanol–water partition coefficient (Wildman–Crippen LogP) is 7.67. The Kier molecular flexibility index (Phi) is 10.9. The van der Waals surface area contributed by atoms with E-state index >= 15 is 0 Å². The van der Waals surface area contributed by atoms with E-state index in [1.165, 1.54) is 33.4 Å². The van der Waals surface area contributed by atoms with Crippen LogP contribution >= 0.6 is 0 Å². The van der Waals surface area contributed by atoms with Crippen molar-refractivity contribution in [2.45, 2.75) is 60.8 Å². The molecule has 0 atom stereocenters. The molecule has 0 N–H and O–H groups in total. The average molecular weight is 361 g/mol. The Balaban J connectivity index is 0.000000202. The van der Waals surface area contributed by atoms with E-state index in [1.54, 1.807) is 0 Å². The molecule has 0 aliphatic rings. The molecular weight excluding hydrogens is 324 g/mol. The summed E-state index contributed by atoms with van der Waals surface area (Å²) in [5.41, 5.74) is 8.37. The number of rotatable bonds is 3. The van der Waals surface area contributed by atoms with E-state index in [4.69, 9.17) is 0 Å². The largest absolute Gasteiger partial charge is 0.0620 e. The molecule has 144 valence electrons. The molecule has 0 bridgehead atoms. The second-order valence-electron chi connectivity index (χ2n) is 6.96. The zero-order valence-electron chi connectivity index (χ0n) is 18.0. The normalized spacial score (nSPS) is 9.56. The van der Waals surface area contributed by atoms with Gasteiger partial charge in [0, 0.05) is 0 Å². The van der Waals surface area contributed by atoms with Crippen LogP contribution in [0.4, 0.5) is 0 Å². The van der Waals surface area contributed by atoms with E-state index in [0.29, 0.717) is 0 Å². The quantitative estimate of drug-likeness (QED) is 0.449. The molecular formula is C27H36. The van der Waals surface area contributed by atoms with Gasteiger partial charge < -0.3 is 0 Å². The fourth-order valence-corrected chi connectivity index (χ4v) is 2.65. The molecule has 0 nitrogen and oxygen atoms in total. The SMILES string of the molecule is CCc1ccc(C)cc1.CCc1ccc(C)cc1.CCc1ccccc1C. The van der Waals surface area contributed by atoms with Crippen LogP contribution in [-0.4, -0.2) is 0 Å². The maximum absolute atomic E-state index is 2.18. The molecule has 27 heavy (non-hydrogen) atoms. The van der Waals surface area contributed by atoms with Crippen LogP contribution in [0.3, 0.4) is 0 Å². The highest BCUT2D eigenvalue weighted by atomic mass is 14.0. The van der Waals surface area contributed by atoms with Crippen LogP contribution in [0.15, 0.2) is 72.8 Å². The van der Waals surface area contributed by atoms with E-state index in [9.17, 15) is 0 Å². The molecule has 0 aromatic heterocycles. The molecule has 3 rings (SSSR count).